The zero-order valence-corrected chi connectivity index (χ0v) is 10.0. The van der Waals surface area contributed by atoms with Crippen LogP contribution in [-0.2, 0) is 0 Å². The van der Waals surface area contributed by atoms with Crippen molar-refractivity contribution >= 4 is 5.91 Å². The van der Waals surface area contributed by atoms with E-state index >= 15 is 0 Å². The first-order valence-electron chi connectivity index (χ1n) is 6.10. The Kier molecular flexibility index (Phi) is 2.23. The van der Waals surface area contributed by atoms with Gasteiger partial charge >= 0.3 is 0 Å². The Morgan fingerprint density at radius 3 is 2.82 bits per heavy atom. The minimum atomic E-state index is -0.113. The van der Waals surface area contributed by atoms with Gasteiger partial charge in [0.1, 0.15) is 5.69 Å². The Morgan fingerprint density at radius 1 is 1.53 bits per heavy atom. The predicted octanol–water partition coefficient (Wildman–Crippen LogP) is 0.953. The van der Waals surface area contributed by atoms with Gasteiger partial charge in [-0.05, 0) is 37.3 Å². The molecule has 0 unspecified atom stereocenters. The van der Waals surface area contributed by atoms with E-state index in [9.17, 15) is 4.79 Å². The molecule has 90 valence electrons. The van der Waals surface area contributed by atoms with E-state index in [1.54, 1.807) is 6.20 Å². The molecule has 2 fully saturated rings. The molecule has 0 spiro atoms. The van der Waals surface area contributed by atoms with Gasteiger partial charge in [-0.15, -0.1) is 0 Å². The van der Waals surface area contributed by atoms with Crippen LogP contribution in [-0.4, -0.2) is 34.4 Å². The SMILES string of the molecule is Cc1cccnc1C(=O)N1CC(N)(C2CC2)C1. The molecule has 0 radical (unpaired) electrons. The minimum Gasteiger partial charge on any atom is -0.333 e. The van der Waals surface area contributed by atoms with Crippen LogP contribution in [0.25, 0.3) is 0 Å². The number of aryl methyl sites for hydroxylation is 1. The number of likely N-dealkylation sites (tertiary alicyclic amines) is 1. The monoisotopic (exact) mass is 231 g/mol. The summed E-state index contributed by atoms with van der Waals surface area (Å²) in [6.07, 6.45) is 4.11. The molecule has 1 saturated heterocycles. The smallest absolute Gasteiger partial charge is 0.272 e. The lowest BCUT2D eigenvalue weighted by Crippen LogP contribution is -2.69. The van der Waals surface area contributed by atoms with Gasteiger partial charge in [0.25, 0.3) is 5.91 Å². The Labute approximate surface area is 101 Å². The number of carbonyl (C=O) groups is 1. The van der Waals surface area contributed by atoms with Crippen molar-refractivity contribution in [1.82, 2.24) is 9.88 Å². The topological polar surface area (TPSA) is 59.2 Å². The van der Waals surface area contributed by atoms with Crippen molar-refractivity contribution < 1.29 is 4.79 Å². The summed E-state index contributed by atoms with van der Waals surface area (Å²) in [4.78, 5) is 18.2. The van der Waals surface area contributed by atoms with E-state index in [2.05, 4.69) is 4.98 Å². The Morgan fingerprint density at radius 2 is 2.24 bits per heavy atom. The van der Waals surface area contributed by atoms with E-state index in [0.29, 0.717) is 24.7 Å². The van der Waals surface area contributed by atoms with Crippen LogP contribution in [0.2, 0.25) is 0 Å². The number of pyridine rings is 1. The van der Waals surface area contributed by atoms with Crippen LogP contribution in [0.4, 0.5) is 0 Å². The molecule has 1 saturated carbocycles. The molecule has 1 aliphatic carbocycles. The lowest BCUT2D eigenvalue weighted by atomic mass is 9.85. The summed E-state index contributed by atoms with van der Waals surface area (Å²) >= 11 is 0. The quantitative estimate of drug-likeness (QED) is 0.824. The second-order valence-corrected chi connectivity index (χ2v) is 5.34. The molecule has 1 aromatic rings. The molecule has 2 aliphatic rings. The van der Waals surface area contributed by atoms with Gasteiger partial charge in [0.05, 0.1) is 5.54 Å². The van der Waals surface area contributed by atoms with Crippen LogP contribution in [0.15, 0.2) is 18.3 Å². The molecule has 4 nitrogen and oxygen atoms in total. The summed E-state index contributed by atoms with van der Waals surface area (Å²) in [5.74, 6) is 0.654. The lowest BCUT2D eigenvalue weighted by Gasteiger charge is -2.48. The highest BCUT2D eigenvalue weighted by Gasteiger charge is 2.51. The molecule has 3 rings (SSSR count). The zero-order chi connectivity index (χ0) is 12.0. The molecule has 0 bridgehead atoms. The average Bonchev–Trinajstić information content (AvgIpc) is 3.08. The Balaban J connectivity index is 1.71. The zero-order valence-electron chi connectivity index (χ0n) is 10.0. The summed E-state index contributed by atoms with van der Waals surface area (Å²) in [7, 11) is 0. The predicted molar refractivity (Wildman–Crippen MR) is 64.5 cm³/mol. The van der Waals surface area contributed by atoms with Crippen molar-refractivity contribution in [3.05, 3.63) is 29.6 Å². The molecule has 2 heterocycles. The third-order valence-corrected chi connectivity index (χ3v) is 3.86. The van der Waals surface area contributed by atoms with E-state index in [4.69, 9.17) is 5.73 Å². The normalized spacial score (nSPS) is 22.1. The summed E-state index contributed by atoms with van der Waals surface area (Å²) in [5.41, 5.74) is 7.62. The maximum Gasteiger partial charge on any atom is 0.272 e. The molecule has 17 heavy (non-hydrogen) atoms. The molecule has 1 aromatic heterocycles. The molecule has 4 heteroatoms. The fourth-order valence-corrected chi connectivity index (χ4v) is 2.58. The fraction of sp³-hybridized carbons (Fsp3) is 0.538. The lowest BCUT2D eigenvalue weighted by molar-refractivity contribution is 0.0344. The van der Waals surface area contributed by atoms with Gasteiger partial charge in [0, 0.05) is 19.3 Å². The van der Waals surface area contributed by atoms with Crippen molar-refractivity contribution in [2.75, 3.05) is 13.1 Å². The number of hydrogen-bond acceptors (Lipinski definition) is 3. The van der Waals surface area contributed by atoms with E-state index < -0.39 is 0 Å². The van der Waals surface area contributed by atoms with Gasteiger partial charge < -0.3 is 10.6 Å². The van der Waals surface area contributed by atoms with Crippen LogP contribution in [0, 0.1) is 12.8 Å². The molecular formula is C13H17N3O. The fourth-order valence-electron chi connectivity index (χ4n) is 2.58. The molecule has 0 aromatic carbocycles. The van der Waals surface area contributed by atoms with Gasteiger partial charge in [-0.25, -0.2) is 0 Å². The third-order valence-electron chi connectivity index (χ3n) is 3.86. The van der Waals surface area contributed by atoms with Crippen molar-refractivity contribution in [3.63, 3.8) is 0 Å². The van der Waals surface area contributed by atoms with Gasteiger partial charge in [-0.2, -0.15) is 0 Å². The van der Waals surface area contributed by atoms with Crippen LogP contribution in [0.5, 0.6) is 0 Å². The number of carbonyl (C=O) groups excluding carboxylic acids is 1. The largest absolute Gasteiger partial charge is 0.333 e. The first-order valence-corrected chi connectivity index (χ1v) is 6.10. The van der Waals surface area contributed by atoms with Crippen molar-refractivity contribution in [2.45, 2.75) is 25.3 Å². The second kappa shape index (κ2) is 3.53. The van der Waals surface area contributed by atoms with Crippen LogP contribution in [0.1, 0.15) is 28.9 Å². The van der Waals surface area contributed by atoms with Crippen LogP contribution < -0.4 is 5.73 Å². The third kappa shape index (κ3) is 1.72. The number of nitrogens with two attached hydrogens (primary N) is 1. The van der Waals surface area contributed by atoms with E-state index in [1.165, 1.54) is 12.8 Å². The number of rotatable bonds is 2. The average molecular weight is 231 g/mol. The number of amides is 1. The van der Waals surface area contributed by atoms with Gasteiger partial charge in [-0.1, -0.05) is 6.07 Å². The first-order chi connectivity index (χ1) is 8.10. The van der Waals surface area contributed by atoms with Crippen LogP contribution in [0.3, 0.4) is 0 Å². The molecule has 1 aliphatic heterocycles. The maximum atomic E-state index is 12.2. The highest BCUT2D eigenvalue weighted by Crippen LogP contribution is 2.43. The Hall–Kier alpha value is -1.42. The van der Waals surface area contributed by atoms with Crippen molar-refractivity contribution in [3.8, 4) is 0 Å². The maximum absolute atomic E-state index is 12.2. The summed E-state index contributed by atoms with van der Waals surface area (Å²) in [5, 5.41) is 0. The molecular weight excluding hydrogens is 214 g/mol. The first kappa shape index (κ1) is 10.7. The van der Waals surface area contributed by atoms with Gasteiger partial charge in [0.2, 0.25) is 0 Å². The number of aromatic nitrogens is 1. The summed E-state index contributed by atoms with van der Waals surface area (Å²) < 4.78 is 0. The minimum absolute atomic E-state index is 0.0184. The summed E-state index contributed by atoms with van der Waals surface area (Å²) in [6, 6.07) is 3.76. The number of hydrogen-bond donors (Lipinski definition) is 1. The van der Waals surface area contributed by atoms with Gasteiger partial charge in [-0.3, -0.25) is 9.78 Å². The van der Waals surface area contributed by atoms with E-state index in [0.717, 1.165) is 5.56 Å². The highest BCUT2D eigenvalue weighted by molar-refractivity contribution is 5.94. The van der Waals surface area contributed by atoms with E-state index in [1.807, 2.05) is 24.0 Å². The van der Waals surface area contributed by atoms with Crippen molar-refractivity contribution in [2.24, 2.45) is 11.7 Å². The molecule has 0 atom stereocenters. The van der Waals surface area contributed by atoms with Crippen LogP contribution >= 0.6 is 0 Å². The van der Waals surface area contributed by atoms with Gasteiger partial charge in [0.15, 0.2) is 0 Å². The number of nitrogens with zero attached hydrogens (tertiary/aromatic N) is 2. The molecule has 1 amide bonds. The van der Waals surface area contributed by atoms with Crippen molar-refractivity contribution in [1.29, 1.82) is 0 Å². The second-order valence-electron chi connectivity index (χ2n) is 5.34. The highest BCUT2D eigenvalue weighted by atomic mass is 16.2. The standard InChI is InChI=1S/C13H17N3O/c1-9-3-2-6-15-11(9)12(17)16-7-13(14,8-16)10-4-5-10/h2-3,6,10H,4-5,7-8,14H2,1H3. The molecule has 2 N–H and O–H groups in total. The Bertz CT molecular complexity index is 461. The van der Waals surface area contributed by atoms with E-state index in [-0.39, 0.29) is 11.4 Å². The summed E-state index contributed by atoms with van der Waals surface area (Å²) in [6.45, 7) is 3.29.